The molecular formula is C13H12ClN3. The summed E-state index contributed by atoms with van der Waals surface area (Å²) in [6.07, 6.45) is 1.93. The lowest BCUT2D eigenvalue weighted by Gasteiger charge is -2.04. The first-order valence-electron chi connectivity index (χ1n) is 5.43. The van der Waals surface area contributed by atoms with Crippen molar-refractivity contribution in [3.8, 4) is 5.82 Å². The molecule has 0 atom stereocenters. The van der Waals surface area contributed by atoms with Gasteiger partial charge in [-0.15, -0.1) is 0 Å². The molecule has 4 heteroatoms. The molecule has 0 fully saturated rings. The van der Waals surface area contributed by atoms with E-state index in [1.165, 1.54) is 0 Å². The van der Waals surface area contributed by atoms with Gasteiger partial charge in [0, 0.05) is 24.7 Å². The van der Waals surface area contributed by atoms with Gasteiger partial charge in [0.05, 0.1) is 16.2 Å². The van der Waals surface area contributed by atoms with Crippen molar-refractivity contribution >= 4 is 22.5 Å². The van der Waals surface area contributed by atoms with Crippen molar-refractivity contribution in [1.29, 1.82) is 0 Å². The molecule has 17 heavy (non-hydrogen) atoms. The minimum absolute atomic E-state index is 0.763. The molecule has 0 bridgehead atoms. The third-order valence-electron chi connectivity index (χ3n) is 2.89. The molecule has 3 nitrogen and oxygen atoms in total. The van der Waals surface area contributed by atoms with Crippen molar-refractivity contribution in [2.45, 2.75) is 6.92 Å². The molecule has 0 unspecified atom stereocenters. The maximum Gasteiger partial charge on any atom is 0.135 e. The van der Waals surface area contributed by atoms with Crippen LogP contribution in [0.4, 0.5) is 0 Å². The van der Waals surface area contributed by atoms with E-state index in [9.17, 15) is 0 Å². The Kier molecular flexibility index (Phi) is 2.23. The Bertz CT molecular complexity index is 694. The molecule has 3 rings (SSSR count). The van der Waals surface area contributed by atoms with Gasteiger partial charge in [-0.3, -0.25) is 9.25 Å². The molecule has 0 amide bonds. The van der Waals surface area contributed by atoms with E-state index in [-0.39, 0.29) is 0 Å². The number of nitrogens with zero attached hydrogens (tertiary/aromatic N) is 3. The first kappa shape index (κ1) is 10.4. The first-order chi connectivity index (χ1) is 8.16. The Morgan fingerprint density at radius 2 is 2.00 bits per heavy atom. The number of aryl methyl sites for hydroxylation is 2. The van der Waals surface area contributed by atoms with Gasteiger partial charge in [0.15, 0.2) is 0 Å². The fraction of sp³-hybridized carbons (Fsp3) is 0.154. The average molecular weight is 246 g/mol. The molecule has 0 aliphatic heterocycles. The summed E-state index contributed by atoms with van der Waals surface area (Å²) in [5.41, 5.74) is 2.09. The molecule has 0 spiro atoms. The monoisotopic (exact) mass is 245 g/mol. The van der Waals surface area contributed by atoms with E-state index in [0.29, 0.717) is 0 Å². The summed E-state index contributed by atoms with van der Waals surface area (Å²) in [4.78, 5) is 0. The molecule has 2 heterocycles. The van der Waals surface area contributed by atoms with Crippen molar-refractivity contribution in [2.75, 3.05) is 0 Å². The van der Waals surface area contributed by atoms with E-state index in [2.05, 4.69) is 15.7 Å². The van der Waals surface area contributed by atoms with Gasteiger partial charge in [0.1, 0.15) is 5.82 Å². The fourth-order valence-electron chi connectivity index (χ4n) is 2.15. The van der Waals surface area contributed by atoms with Gasteiger partial charge in [-0.05, 0) is 13.0 Å². The largest absolute Gasteiger partial charge is 0.300 e. The van der Waals surface area contributed by atoms with Crippen molar-refractivity contribution < 1.29 is 0 Å². The molecule has 0 saturated heterocycles. The second kappa shape index (κ2) is 3.64. The molecule has 0 aliphatic rings. The maximum atomic E-state index is 6.24. The highest BCUT2D eigenvalue weighted by Crippen LogP contribution is 2.28. The third kappa shape index (κ3) is 1.54. The van der Waals surface area contributed by atoms with Crippen LogP contribution in [0.3, 0.4) is 0 Å². The average Bonchev–Trinajstić information content (AvgIpc) is 2.80. The Hall–Kier alpha value is -1.74. The topological polar surface area (TPSA) is 22.8 Å². The number of halogens is 1. The van der Waals surface area contributed by atoms with Crippen molar-refractivity contribution in [3.05, 3.63) is 47.2 Å². The van der Waals surface area contributed by atoms with Crippen LogP contribution in [0, 0.1) is 6.92 Å². The molecule has 3 aromatic rings. The second-order valence-corrected chi connectivity index (χ2v) is 4.54. The van der Waals surface area contributed by atoms with Crippen LogP contribution in [-0.4, -0.2) is 14.3 Å². The Labute approximate surface area is 104 Å². The molecule has 0 radical (unpaired) electrons. The first-order valence-corrected chi connectivity index (χ1v) is 5.81. The normalized spacial score (nSPS) is 11.2. The Balaban J connectivity index is 2.34. The smallest absolute Gasteiger partial charge is 0.135 e. The predicted molar refractivity (Wildman–Crippen MR) is 69.8 cm³/mol. The zero-order valence-corrected chi connectivity index (χ0v) is 10.4. The Morgan fingerprint density at radius 1 is 1.24 bits per heavy atom. The van der Waals surface area contributed by atoms with Crippen LogP contribution in [0.1, 0.15) is 5.69 Å². The van der Waals surface area contributed by atoms with Gasteiger partial charge in [-0.1, -0.05) is 29.8 Å². The van der Waals surface area contributed by atoms with Gasteiger partial charge >= 0.3 is 0 Å². The van der Waals surface area contributed by atoms with Crippen LogP contribution in [0.15, 0.2) is 36.5 Å². The second-order valence-electron chi connectivity index (χ2n) is 4.13. The molecule has 0 aliphatic carbocycles. The molecule has 0 saturated carbocycles. The highest BCUT2D eigenvalue weighted by molar-refractivity contribution is 6.35. The highest BCUT2D eigenvalue weighted by atomic mass is 35.5. The number of hydrogen-bond donors (Lipinski definition) is 0. The van der Waals surface area contributed by atoms with Crippen LogP contribution < -0.4 is 0 Å². The van der Waals surface area contributed by atoms with Crippen LogP contribution in [0.25, 0.3) is 16.7 Å². The summed E-state index contributed by atoms with van der Waals surface area (Å²) in [6, 6.07) is 10.1. The van der Waals surface area contributed by atoms with Gasteiger partial charge in [-0.2, -0.15) is 5.10 Å². The van der Waals surface area contributed by atoms with Crippen LogP contribution in [0.2, 0.25) is 5.02 Å². The summed E-state index contributed by atoms with van der Waals surface area (Å²) in [5, 5.41) is 6.18. The van der Waals surface area contributed by atoms with Crippen molar-refractivity contribution in [3.63, 3.8) is 0 Å². The molecule has 86 valence electrons. The molecule has 1 aromatic carbocycles. The van der Waals surface area contributed by atoms with E-state index in [1.54, 1.807) is 0 Å². The number of benzene rings is 1. The van der Waals surface area contributed by atoms with Gasteiger partial charge in [0.25, 0.3) is 0 Å². The lowest BCUT2D eigenvalue weighted by Crippen LogP contribution is -2.01. The number of fused-ring (bicyclic) bond motifs is 1. The SMILES string of the molecule is Cc1cc(-n2cc(Cl)c3ccccc32)n(C)n1. The molecule has 2 aromatic heterocycles. The quantitative estimate of drug-likeness (QED) is 0.645. The summed E-state index contributed by atoms with van der Waals surface area (Å²) < 4.78 is 3.93. The zero-order chi connectivity index (χ0) is 12.0. The van der Waals surface area contributed by atoms with Gasteiger partial charge in [0.2, 0.25) is 0 Å². The van der Waals surface area contributed by atoms with Crippen LogP contribution >= 0.6 is 11.6 Å². The van der Waals surface area contributed by atoms with E-state index in [0.717, 1.165) is 27.4 Å². The van der Waals surface area contributed by atoms with Crippen molar-refractivity contribution in [1.82, 2.24) is 14.3 Å². The van der Waals surface area contributed by atoms with Crippen LogP contribution in [-0.2, 0) is 7.05 Å². The van der Waals surface area contributed by atoms with E-state index >= 15 is 0 Å². The fourth-order valence-corrected chi connectivity index (χ4v) is 2.41. The Morgan fingerprint density at radius 3 is 2.71 bits per heavy atom. The van der Waals surface area contributed by atoms with E-state index in [1.807, 2.05) is 49.1 Å². The number of para-hydroxylation sites is 1. The third-order valence-corrected chi connectivity index (χ3v) is 3.19. The summed E-state index contributed by atoms with van der Waals surface area (Å²) in [5.74, 6) is 1.02. The van der Waals surface area contributed by atoms with Crippen molar-refractivity contribution in [2.24, 2.45) is 7.05 Å². The lowest BCUT2D eigenvalue weighted by molar-refractivity contribution is 0.728. The minimum atomic E-state index is 0.763. The maximum absolute atomic E-state index is 6.24. The van der Waals surface area contributed by atoms with Crippen LogP contribution in [0.5, 0.6) is 0 Å². The molecular weight excluding hydrogens is 234 g/mol. The summed E-state index contributed by atoms with van der Waals surface area (Å²) >= 11 is 6.24. The minimum Gasteiger partial charge on any atom is -0.300 e. The summed E-state index contributed by atoms with van der Waals surface area (Å²) in [7, 11) is 1.94. The summed E-state index contributed by atoms with van der Waals surface area (Å²) in [6.45, 7) is 1.98. The number of rotatable bonds is 1. The lowest BCUT2D eigenvalue weighted by atomic mass is 10.2. The van der Waals surface area contributed by atoms with Gasteiger partial charge < -0.3 is 0 Å². The standard InChI is InChI=1S/C13H12ClN3/c1-9-7-13(16(2)15-9)17-8-11(14)10-5-3-4-6-12(10)17/h3-8H,1-2H3. The zero-order valence-electron chi connectivity index (χ0n) is 9.68. The predicted octanol–water partition coefficient (Wildman–Crippen LogP) is 3.33. The number of hydrogen-bond acceptors (Lipinski definition) is 1. The number of aromatic nitrogens is 3. The van der Waals surface area contributed by atoms with E-state index < -0.39 is 0 Å². The highest BCUT2D eigenvalue weighted by Gasteiger charge is 2.10. The van der Waals surface area contributed by atoms with Gasteiger partial charge in [-0.25, -0.2) is 0 Å². The van der Waals surface area contributed by atoms with E-state index in [4.69, 9.17) is 11.6 Å². The molecule has 0 N–H and O–H groups in total.